The van der Waals surface area contributed by atoms with Crippen molar-refractivity contribution in [2.24, 2.45) is 0 Å². The van der Waals surface area contributed by atoms with E-state index >= 15 is 0 Å². The second-order valence-electron chi connectivity index (χ2n) is 7.24. The molecule has 0 amide bonds. The number of rotatable bonds is 5. The van der Waals surface area contributed by atoms with E-state index in [1.54, 1.807) is 23.0 Å². The van der Waals surface area contributed by atoms with Gasteiger partial charge >= 0.3 is 0 Å². The fraction of sp³-hybridized carbons (Fsp3) is 0.273. The zero-order valence-corrected chi connectivity index (χ0v) is 17.4. The maximum Gasteiger partial charge on any atom is 0.172 e. The molecule has 1 fully saturated rings. The highest BCUT2D eigenvalue weighted by Gasteiger charge is 2.26. The predicted octanol–water partition coefficient (Wildman–Crippen LogP) is 4.56. The molecule has 5 nitrogen and oxygen atoms in total. The van der Waals surface area contributed by atoms with Gasteiger partial charge in [-0.2, -0.15) is 5.10 Å². The van der Waals surface area contributed by atoms with Crippen molar-refractivity contribution >= 4 is 17.3 Å². The van der Waals surface area contributed by atoms with Crippen LogP contribution in [0.15, 0.2) is 55.4 Å². The van der Waals surface area contributed by atoms with E-state index in [0.717, 1.165) is 30.4 Å². The number of piperazine rings is 1. The second kappa shape index (κ2) is 8.53. The minimum Gasteiger partial charge on any atom is -0.369 e. The van der Waals surface area contributed by atoms with Crippen LogP contribution in [0.2, 0.25) is 5.02 Å². The van der Waals surface area contributed by atoms with Gasteiger partial charge in [-0.1, -0.05) is 17.7 Å². The summed E-state index contributed by atoms with van der Waals surface area (Å²) in [6.45, 7) is 8.77. The molecular weight excluding hydrogens is 408 g/mol. The van der Waals surface area contributed by atoms with Crippen LogP contribution >= 0.6 is 11.6 Å². The molecule has 0 radical (unpaired) electrons. The lowest BCUT2D eigenvalue weighted by Gasteiger charge is -2.39. The molecule has 1 aliphatic rings. The number of nitrogens with zero attached hydrogens (tertiary/aromatic N) is 5. The standard InChI is InChI=1S/C22H22ClF2N5/c1-3-21(19-14-27-30(15(19)2)22-20(23)5-4-6-26-22)29-9-7-28(8-10-29)18-12-16(24)11-17(25)13-18/h3-6,11-14,21H,1,7-10H2,2H3. The summed E-state index contributed by atoms with van der Waals surface area (Å²) in [5, 5.41) is 5.02. The second-order valence-corrected chi connectivity index (χ2v) is 7.64. The Morgan fingerprint density at radius 1 is 1.13 bits per heavy atom. The molecule has 3 aromatic rings. The van der Waals surface area contributed by atoms with Gasteiger partial charge < -0.3 is 4.90 Å². The first kappa shape index (κ1) is 20.5. The van der Waals surface area contributed by atoms with Gasteiger partial charge in [0.15, 0.2) is 5.82 Å². The highest BCUT2D eigenvalue weighted by Crippen LogP contribution is 2.29. The van der Waals surface area contributed by atoms with Crippen molar-refractivity contribution in [1.82, 2.24) is 19.7 Å². The Balaban J connectivity index is 1.52. The normalized spacial score (nSPS) is 15.9. The van der Waals surface area contributed by atoms with Gasteiger partial charge in [-0.3, -0.25) is 4.90 Å². The third kappa shape index (κ3) is 3.95. The van der Waals surface area contributed by atoms with Crippen molar-refractivity contribution in [3.05, 3.63) is 83.3 Å². The van der Waals surface area contributed by atoms with E-state index in [0.29, 0.717) is 29.6 Å². The van der Waals surface area contributed by atoms with Crippen LogP contribution in [0, 0.1) is 18.6 Å². The van der Waals surface area contributed by atoms with Crippen molar-refractivity contribution < 1.29 is 8.78 Å². The highest BCUT2D eigenvalue weighted by molar-refractivity contribution is 6.32. The molecule has 30 heavy (non-hydrogen) atoms. The maximum atomic E-state index is 13.6. The lowest BCUT2D eigenvalue weighted by atomic mass is 10.1. The third-order valence-corrected chi connectivity index (χ3v) is 5.74. The number of benzene rings is 1. The minimum absolute atomic E-state index is 0.0346. The first-order chi connectivity index (χ1) is 14.5. The number of pyridine rings is 1. The van der Waals surface area contributed by atoms with Gasteiger partial charge in [-0.05, 0) is 31.2 Å². The van der Waals surface area contributed by atoms with Gasteiger partial charge in [0.1, 0.15) is 11.6 Å². The van der Waals surface area contributed by atoms with Crippen LogP contribution in [0.1, 0.15) is 17.3 Å². The highest BCUT2D eigenvalue weighted by atomic mass is 35.5. The van der Waals surface area contributed by atoms with Gasteiger partial charge in [0.25, 0.3) is 0 Å². The smallest absolute Gasteiger partial charge is 0.172 e. The molecule has 1 saturated heterocycles. The van der Waals surface area contributed by atoms with Gasteiger partial charge in [-0.25, -0.2) is 18.4 Å². The number of anilines is 1. The van der Waals surface area contributed by atoms with Crippen molar-refractivity contribution in [3.8, 4) is 5.82 Å². The lowest BCUT2D eigenvalue weighted by Crippen LogP contribution is -2.47. The van der Waals surface area contributed by atoms with Gasteiger partial charge in [0, 0.05) is 55.4 Å². The summed E-state index contributed by atoms with van der Waals surface area (Å²) in [7, 11) is 0. The Morgan fingerprint density at radius 2 is 1.83 bits per heavy atom. The number of halogens is 3. The van der Waals surface area contributed by atoms with Crippen molar-refractivity contribution in [2.75, 3.05) is 31.1 Å². The monoisotopic (exact) mass is 429 g/mol. The Morgan fingerprint density at radius 3 is 2.47 bits per heavy atom. The summed E-state index contributed by atoms with van der Waals surface area (Å²) < 4.78 is 28.9. The lowest BCUT2D eigenvalue weighted by molar-refractivity contribution is 0.217. The summed E-state index contributed by atoms with van der Waals surface area (Å²) in [5.74, 6) is -0.538. The zero-order valence-electron chi connectivity index (χ0n) is 16.6. The molecule has 3 heterocycles. The Kier molecular flexibility index (Phi) is 5.83. The molecule has 1 aromatic carbocycles. The van der Waals surface area contributed by atoms with Crippen LogP contribution in [0.5, 0.6) is 0 Å². The Labute approximate surface area is 179 Å². The number of hydrogen-bond acceptors (Lipinski definition) is 4. The van der Waals surface area contributed by atoms with Crippen LogP contribution in [0.25, 0.3) is 5.82 Å². The first-order valence-electron chi connectivity index (χ1n) is 9.71. The topological polar surface area (TPSA) is 37.2 Å². The molecule has 0 spiro atoms. The summed E-state index contributed by atoms with van der Waals surface area (Å²) in [5.41, 5.74) is 2.53. The Hall–Kier alpha value is -2.77. The molecule has 0 saturated carbocycles. The van der Waals surface area contributed by atoms with Gasteiger partial charge in [0.2, 0.25) is 0 Å². The minimum atomic E-state index is -0.562. The molecule has 8 heteroatoms. The Bertz CT molecular complexity index is 1040. The summed E-state index contributed by atoms with van der Waals surface area (Å²) >= 11 is 6.29. The van der Waals surface area contributed by atoms with Gasteiger partial charge in [0.05, 0.1) is 17.3 Å². The van der Waals surface area contributed by atoms with Crippen molar-refractivity contribution in [1.29, 1.82) is 0 Å². The van der Waals surface area contributed by atoms with Crippen LogP contribution in [0.4, 0.5) is 14.5 Å². The number of hydrogen-bond donors (Lipinski definition) is 0. The van der Waals surface area contributed by atoms with Crippen molar-refractivity contribution in [3.63, 3.8) is 0 Å². The molecule has 1 unspecified atom stereocenters. The van der Waals surface area contributed by atoms with Crippen LogP contribution in [-0.4, -0.2) is 45.8 Å². The molecule has 0 aliphatic carbocycles. The molecule has 1 atom stereocenters. The van der Waals surface area contributed by atoms with E-state index in [1.165, 1.54) is 12.1 Å². The average Bonchev–Trinajstić information content (AvgIpc) is 3.10. The van der Waals surface area contributed by atoms with Crippen LogP contribution in [-0.2, 0) is 0 Å². The van der Waals surface area contributed by atoms with Crippen LogP contribution < -0.4 is 4.90 Å². The first-order valence-corrected chi connectivity index (χ1v) is 10.1. The maximum absolute atomic E-state index is 13.6. The largest absolute Gasteiger partial charge is 0.369 e. The molecule has 1 aliphatic heterocycles. The quantitative estimate of drug-likeness (QED) is 0.557. The zero-order chi connectivity index (χ0) is 21.3. The van der Waals surface area contributed by atoms with E-state index in [9.17, 15) is 8.78 Å². The molecule has 0 bridgehead atoms. The van der Waals surface area contributed by atoms with Crippen LogP contribution in [0.3, 0.4) is 0 Å². The number of aromatic nitrogens is 3. The predicted molar refractivity (Wildman–Crippen MR) is 114 cm³/mol. The molecule has 4 rings (SSSR count). The van der Waals surface area contributed by atoms with E-state index in [-0.39, 0.29) is 6.04 Å². The fourth-order valence-corrected chi connectivity index (χ4v) is 4.11. The van der Waals surface area contributed by atoms with Gasteiger partial charge in [-0.15, -0.1) is 6.58 Å². The molecule has 156 valence electrons. The van der Waals surface area contributed by atoms with E-state index in [2.05, 4.69) is 21.6 Å². The average molecular weight is 430 g/mol. The third-order valence-electron chi connectivity index (χ3n) is 5.45. The summed E-state index contributed by atoms with van der Waals surface area (Å²) in [4.78, 5) is 8.62. The van der Waals surface area contributed by atoms with E-state index in [1.807, 2.05) is 24.1 Å². The summed E-state index contributed by atoms with van der Waals surface area (Å²) in [6, 6.07) is 7.16. The molecule has 0 N–H and O–H groups in total. The molecular formula is C22H22ClF2N5. The summed E-state index contributed by atoms with van der Waals surface area (Å²) in [6.07, 6.45) is 5.40. The fourth-order valence-electron chi connectivity index (χ4n) is 3.91. The SMILES string of the molecule is C=CC(c1cnn(-c2ncccc2Cl)c1C)N1CCN(c2cc(F)cc(F)c2)CC1. The molecule has 2 aromatic heterocycles. The van der Waals surface area contributed by atoms with E-state index < -0.39 is 11.6 Å². The van der Waals surface area contributed by atoms with Crippen molar-refractivity contribution in [2.45, 2.75) is 13.0 Å². The van der Waals surface area contributed by atoms with E-state index in [4.69, 9.17) is 11.6 Å².